The molecule has 2 N–H and O–H groups in total. The maximum absolute atomic E-state index is 5.75. The minimum atomic E-state index is 0.547. The van der Waals surface area contributed by atoms with Crippen molar-refractivity contribution in [3.8, 4) is 0 Å². The molecule has 17 heavy (non-hydrogen) atoms. The van der Waals surface area contributed by atoms with Crippen LogP contribution < -0.4 is 5.73 Å². The van der Waals surface area contributed by atoms with Gasteiger partial charge >= 0.3 is 0 Å². The zero-order valence-electron chi connectivity index (χ0n) is 9.98. The second kappa shape index (κ2) is 4.40. The summed E-state index contributed by atoms with van der Waals surface area (Å²) in [4.78, 5) is 0. The van der Waals surface area contributed by atoms with Gasteiger partial charge in [0.25, 0.3) is 0 Å². The molecule has 0 aliphatic heterocycles. The van der Waals surface area contributed by atoms with Crippen LogP contribution in [0.15, 0.2) is 22.7 Å². The van der Waals surface area contributed by atoms with Gasteiger partial charge in [-0.2, -0.15) is 0 Å². The molecule has 2 aromatic rings. The van der Waals surface area contributed by atoms with E-state index in [9.17, 15) is 0 Å². The van der Waals surface area contributed by atoms with Gasteiger partial charge in [-0.25, -0.2) is 0 Å². The molecule has 0 radical (unpaired) electrons. The second-order valence-electron chi connectivity index (χ2n) is 5.01. The molecule has 3 rings (SSSR count). The minimum Gasteiger partial charge on any atom is -0.399 e. The highest BCUT2D eigenvalue weighted by molar-refractivity contribution is 5.83. The summed E-state index contributed by atoms with van der Waals surface area (Å²) in [5.41, 5.74) is 7.40. The Bertz CT molecular complexity index is 510. The minimum absolute atomic E-state index is 0.547. The Hall–Kier alpha value is -1.51. The van der Waals surface area contributed by atoms with Crippen LogP contribution >= 0.6 is 0 Å². The number of hydrogen-bond donors (Lipinski definition) is 1. The lowest BCUT2D eigenvalue weighted by Crippen LogP contribution is -1.95. The first-order valence-corrected chi connectivity index (χ1v) is 6.49. The maximum Gasteiger partial charge on any atom is 0.147 e. The van der Waals surface area contributed by atoms with Crippen molar-refractivity contribution in [1.82, 2.24) is 5.16 Å². The topological polar surface area (TPSA) is 52.0 Å². The monoisotopic (exact) mass is 230 g/mol. The summed E-state index contributed by atoms with van der Waals surface area (Å²) in [5.74, 6) is 1.62. The molecular formula is C14H18N2O. The number of hydrogen-bond acceptors (Lipinski definition) is 3. The lowest BCUT2D eigenvalue weighted by Gasteiger charge is -2.09. The first kappa shape index (κ1) is 10.6. The van der Waals surface area contributed by atoms with E-state index < -0.39 is 0 Å². The van der Waals surface area contributed by atoms with E-state index in [1.54, 1.807) is 0 Å². The van der Waals surface area contributed by atoms with Crippen molar-refractivity contribution < 1.29 is 4.52 Å². The average molecular weight is 230 g/mol. The van der Waals surface area contributed by atoms with Gasteiger partial charge in [-0.3, -0.25) is 0 Å². The molecule has 1 saturated carbocycles. The van der Waals surface area contributed by atoms with Gasteiger partial charge in [0, 0.05) is 17.0 Å². The van der Waals surface area contributed by atoms with Crippen LogP contribution in [0.1, 0.15) is 50.2 Å². The summed E-state index contributed by atoms with van der Waals surface area (Å²) in [6, 6.07) is 5.86. The van der Waals surface area contributed by atoms with Crippen molar-refractivity contribution in [3.05, 3.63) is 24.0 Å². The molecule has 0 amide bonds. The average Bonchev–Trinajstić information content (AvgIpc) is 2.57. The van der Waals surface area contributed by atoms with Gasteiger partial charge in [0.2, 0.25) is 0 Å². The summed E-state index contributed by atoms with van der Waals surface area (Å²) in [6.45, 7) is 0. The SMILES string of the molecule is Nc1ccc2c(C3CCCCCC3)onc2c1. The fourth-order valence-corrected chi connectivity index (χ4v) is 2.82. The van der Waals surface area contributed by atoms with Crippen molar-refractivity contribution in [2.24, 2.45) is 0 Å². The zero-order chi connectivity index (χ0) is 11.7. The first-order chi connectivity index (χ1) is 8.34. The number of nitrogens with zero attached hydrogens (tertiary/aromatic N) is 1. The summed E-state index contributed by atoms with van der Waals surface area (Å²) in [7, 11) is 0. The molecule has 1 fully saturated rings. The first-order valence-electron chi connectivity index (χ1n) is 6.49. The summed E-state index contributed by atoms with van der Waals surface area (Å²) >= 11 is 0. The Morgan fingerprint density at radius 2 is 1.88 bits per heavy atom. The predicted octanol–water partition coefficient (Wildman–Crippen LogP) is 3.85. The molecule has 3 nitrogen and oxygen atoms in total. The van der Waals surface area contributed by atoms with Crippen LogP contribution in [0.3, 0.4) is 0 Å². The van der Waals surface area contributed by atoms with Crippen LogP contribution in [-0.4, -0.2) is 5.16 Å². The fourth-order valence-electron chi connectivity index (χ4n) is 2.82. The zero-order valence-corrected chi connectivity index (χ0v) is 9.98. The van der Waals surface area contributed by atoms with E-state index in [0.717, 1.165) is 22.4 Å². The number of rotatable bonds is 1. The summed E-state index contributed by atoms with van der Waals surface area (Å²) < 4.78 is 5.56. The van der Waals surface area contributed by atoms with Gasteiger partial charge in [0.15, 0.2) is 0 Å². The van der Waals surface area contributed by atoms with Gasteiger partial charge < -0.3 is 10.3 Å². The smallest absolute Gasteiger partial charge is 0.147 e. The fraction of sp³-hybridized carbons (Fsp3) is 0.500. The lowest BCUT2D eigenvalue weighted by atomic mass is 9.95. The van der Waals surface area contributed by atoms with Gasteiger partial charge in [-0.05, 0) is 31.0 Å². The Balaban J connectivity index is 1.98. The van der Waals surface area contributed by atoms with E-state index in [-0.39, 0.29) is 0 Å². The van der Waals surface area contributed by atoms with Crippen molar-refractivity contribution in [2.75, 3.05) is 5.73 Å². The van der Waals surface area contributed by atoms with Gasteiger partial charge in [-0.1, -0.05) is 30.8 Å². The van der Waals surface area contributed by atoms with E-state index in [1.165, 1.54) is 38.5 Å². The van der Waals surface area contributed by atoms with Crippen molar-refractivity contribution in [3.63, 3.8) is 0 Å². The Morgan fingerprint density at radius 1 is 1.12 bits per heavy atom. The van der Waals surface area contributed by atoms with Gasteiger partial charge in [-0.15, -0.1) is 0 Å². The Kier molecular flexibility index (Phi) is 2.75. The number of benzene rings is 1. The molecule has 1 aliphatic carbocycles. The number of aromatic nitrogens is 1. The molecule has 0 spiro atoms. The number of nitrogens with two attached hydrogens (primary N) is 1. The molecule has 90 valence electrons. The van der Waals surface area contributed by atoms with Crippen LogP contribution in [-0.2, 0) is 0 Å². The Morgan fingerprint density at radius 3 is 2.65 bits per heavy atom. The molecule has 0 bridgehead atoms. The third-order valence-corrected chi connectivity index (χ3v) is 3.76. The van der Waals surface area contributed by atoms with Crippen LogP contribution in [0.4, 0.5) is 5.69 Å². The van der Waals surface area contributed by atoms with Crippen LogP contribution in [0, 0.1) is 0 Å². The summed E-state index contributed by atoms with van der Waals surface area (Å²) in [5, 5.41) is 5.27. The van der Waals surface area contributed by atoms with E-state index in [1.807, 2.05) is 18.2 Å². The molecule has 1 aliphatic rings. The van der Waals surface area contributed by atoms with Crippen LogP contribution in [0.5, 0.6) is 0 Å². The van der Waals surface area contributed by atoms with Crippen LogP contribution in [0.25, 0.3) is 10.9 Å². The van der Waals surface area contributed by atoms with Crippen molar-refractivity contribution in [1.29, 1.82) is 0 Å². The number of fused-ring (bicyclic) bond motifs is 1. The van der Waals surface area contributed by atoms with Crippen LogP contribution in [0.2, 0.25) is 0 Å². The van der Waals surface area contributed by atoms with Crippen molar-refractivity contribution >= 4 is 16.6 Å². The third-order valence-electron chi connectivity index (χ3n) is 3.76. The largest absolute Gasteiger partial charge is 0.399 e. The molecule has 0 unspecified atom stereocenters. The van der Waals surface area contributed by atoms with E-state index in [2.05, 4.69) is 5.16 Å². The third kappa shape index (κ3) is 2.02. The molecular weight excluding hydrogens is 212 g/mol. The highest BCUT2D eigenvalue weighted by atomic mass is 16.5. The van der Waals surface area contributed by atoms with E-state index in [0.29, 0.717) is 5.92 Å². The molecule has 1 aromatic heterocycles. The molecule has 0 saturated heterocycles. The molecule has 1 heterocycles. The lowest BCUT2D eigenvalue weighted by molar-refractivity contribution is 0.354. The maximum atomic E-state index is 5.75. The highest BCUT2D eigenvalue weighted by Gasteiger charge is 2.21. The van der Waals surface area contributed by atoms with Crippen molar-refractivity contribution in [2.45, 2.75) is 44.4 Å². The second-order valence-corrected chi connectivity index (χ2v) is 5.01. The molecule has 3 heteroatoms. The Labute approximate surface area is 101 Å². The van der Waals surface area contributed by atoms with Gasteiger partial charge in [0.05, 0.1) is 0 Å². The normalized spacial score (nSPS) is 18.4. The highest BCUT2D eigenvalue weighted by Crippen LogP contribution is 2.35. The number of nitrogen functional groups attached to an aromatic ring is 1. The van der Waals surface area contributed by atoms with E-state index in [4.69, 9.17) is 10.3 Å². The quantitative estimate of drug-likeness (QED) is 0.598. The molecule has 1 aromatic carbocycles. The van der Waals surface area contributed by atoms with Gasteiger partial charge in [0.1, 0.15) is 11.3 Å². The number of anilines is 1. The summed E-state index contributed by atoms with van der Waals surface area (Å²) in [6.07, 6.45) is 7.79. The van der Waals surface area contributed by atoms with E-state index >= 15 is 0 Å². The standard InChI is InChI=1S/C14H18N2O/c15-11-7-8-12-13(9-11)16-17-14(12)10-5-3-1-2-4-6-10/h7-10H,1-6,15H2. The molecule has 0 atom stereocenters. The predicted molar refractivity (Wildman–Crippen MR) is 68.9 cm³/mol.